The van der Waals surface area contributed by atoms with E-state index in [4.69, 9.17) is 0 Å². The van der Waals surface area contributed by atoms with Crippen molar-refractivity contribution < 1.29 is 21.2 Å². The smallest absolute Gasteiger partial charge is 0.229 e. The average Bonchev–Trinajstić information content (AvgIpc) is 2.27. The Labute approximate surface area is 120 Å². The van der Waals surface area contributed by atoms with Gasteiger partial charge in [0.25, 0.3) is 0 Å². The monoisotopic (exact) mass is 373 g/mol. The third-order valence-corrected chi connectivity index (χ3v) is 6.02. The molecule has 0 bridgehead atoms. The van der Waals surface area contributed by atoms with E-state index in [9.17, 15) is 21.2 Å². The largest absolute Gasteiger partial charge is 0.243 e. The van der Waals surface area contributed by atoms with Crippen LogP contribution >= 0.6 is 15.9 Å². The molecule has 0 heterocycles. The Morgan fingerprint density at radius 2 is 1.89 bits per heavy atom. The molecule has 0 spiro atoms. The van der Waals surface area contributed by atoms with Gasteiger partial charge in [0, 0.05) is 16.8 Å². The highest BCUT2D eigenvalue weighted by Crippen LogP contribution is 2.19. The van der Waals surface area contributed by atoms with Crippen molar-refractivity contribution in [2.45, 2.75) is 11.8 Å². The van der Waals surface area contributed by atoms with Gasteiger partial charge in [-0.25, -0.2) is 25.9 Å². The summed E-state index contributed by atoms with van der Waals surface area (Å²) in [5.41, 5.74) is 0. The van der Waals surface area contributed by atoms with E-state index in [1.807, 2.05) is 0 Å². The normalized spacial score (nSPS) is 12.6. The Morgan fingerprint density at radius 1 is 1.26 bits per heavy atom. The van der Waals surface area contributed by atoms with Crippen LogP contribution in [0.5, 0.6) is 0 Å². The van der Waals surface area contributed by atoms with Crippen molar-refractivity contribution in [3.05, 3.63) is 28.5 Å². The van der Waals surface area contributed by atoms with E-state index < -0.39 is 30.6 Å². The Hall–Kier alpha value is -0.510. The highest BCUT2D eigenvalue weighted by molar-refractivity contribution is 9.10. The molecule has 0 aromatic heterocycles. The molecular formula is C10H13BrFNO4S2. The van der Waals surface area contributed by atoms with Gasteiger partial charge < -0.3 is 0 Å². The summed E-state index contributed by atoms with van der Waals surface area (Å²) in [6.45, 7) is 1.19. The topological polar surface area (TPSA) is 80.3 Å². The molecule has 0 radical (unpaired) electrons. The van der Waals surface area contributed by atoms with E-state index >= 15 is 0 Å². The lowest BCUT2D eigenvalue weighted by molar-refractivity contribution is 0.557. The molecule has 0 fully saturated rings. The van der Waals surface area contributed by atoms with Crippen LogP contribution in [0, 0.1) is 5.82 Å². The van der Waals surface area contributed by atoms with Crippen molar-refractivity contribution in [2.75, 3.05) is 18.1 Å². The maximum atomic E-state index is 13.5. The van der Waals surface area contributed by atoms with Gasteiger partial charge in [-0.2, -0.15) is 0 Å². The van der Waals surface area contributed by atoms with Crippen molar-refractivity contribution in [3.8, 4) is 0 Å². The van der Waals surface area contributed by atoms with Gasteiger partial charge in [-0.1, -0.05) is 22.9 Å². The summed E-state index contributed by atoms with van der Waals surface area (Å²) >= 11 is 3.02. The molecule has 1 aromatic rings. The van der Waals surface area contributed by atoms with Gasteiger partial charge in [0.05, 0.1) is 5.75 Å². The first-order valence-corrected chi connectivity index (χ1v) is 9.43. The Kier molecular flexibility index (Phi) is 5.48. The highest BCUT2D eigenvalue weighted by Gasteiger charge is 2.19. The number of hydrogen-bond acceptors (Lipinski definition) is 4. The molecule has 1 aromatic carbocycles. The summed E-state index contributed by atoms with van der Waals surface area (Å²) < 4.78 is 62.0. The molecule has 5 nitrogen and oxygen atoms in total. The molecule has 108 valence electrons. The van der Waals surface area contributed by atoms with E-state index in [-0.39, 0.29) is 18.1 Å². The molecule has 9 heteroatoms. The number of sulfonamides is 1. The lowest BCUT2D eigenvalue weighted by Crippen LogP contribution is -2.30. The maximum absolute atomic E-state index is 13.5. The van der Waals surface area contributed by atoms with E-state index in [1.165, 1.54) is 13.0 Å². The average molecular weight is 374 g/mol. The number of nitrogens with one attached hydrogen (secondary N) is 1. The Bertz CT molecular complexity index is 658. The zero-order valence-corrected chi connectivity index (χ0v) is 13.3. The minimum absolute atomic E-state index is 0.0681. The lowest BCUT2D eigenvalue weighted by atomic mass is 10.3. The van der Waals surface area contributed by atoms with Crippen molar-refractivity contribution in [1.82, 2.24) is 4.72 Å². The number of hydrogen-bond donors (Lipinski definition) is 1. The van der Waals surface area contributed by atoms with Gasteiger partial charge in [-0.3, -0.25) is 0 Å². The predicted octanol–water partition coefficient (Wildman–Crippen LogP) is 1.30. The molecule has 0 aliphatic heterocycles. The van der Waals surface area contributed by atoms with Gasteiger partial charge in [0.15, 0.2) is 9.84 Å². The van der Waals surface area contributed by atoms with E-state index in [1.54, 1.807) is 0 Å². The van der Waals surface area contributed by atoms with Gasteiger partial charge in [-0.05, 0) is 18.2 Å². The molecule has 0 aliphatic carbocycles. The summed E-state index contributed by atoms with van der Waals surface area (Å²) in [5, 5.41) is 0. The van der Waals surface area contributed by atoms with Crippen LogP contribution in [-0.2, 0) is 19.9 Å². The summed E-state index contributed by atoms with van der Waals surface area (Å²) in [4.78, 5) is -0.510. The van der Waals surface area contributed by atoms with Crippen LogP contribution in [0.15, 0.2) is 27.6 Å². The van der Waals surface area contributed by atoms with E-state index in [0.717, 1.165) is 12.1 Å². The number of benzene rings is 1. The standard InChI is InChI=1S/C10H13BrFNO4S2/c1-2-18(14,15)6-5-13-19(16,17)10-4-3-8(11)7-9(10)12/h3-4,7,13H,2,5-6H2,1H3. The van der Waals surface area contributed by atoms with Gasteiger partial charge in [-0.15, -0.1) is 0 Å². The summed E-state index contributed by atoms with van der Waals surface area (Å²) in [5.74, 6) is -1.29. The third kappa shape index (κ3) is 4.83. The SMILES string of the molecule is CCS(=O)(=O)CCNS(=O)(=O)c1ccc(Br)cc1F. The van der Waals surface area contributed by atoms with Crippen LogP contribution in [0.1, 0.15) is 6.92 Å². The summed E-state index contributed by atoms with van der Waals surface area (Å²) in [6.07, 6.45) is 0. The van der Waals surface area contributed by atoms with E-state index in [2.05, 4.69) is 20.7 Å². The fraction of sp³-hybridized carbons (Fsp3) is 0.400. The number of sulfone groups is 1. The van der Waals surface area contributed by atoms with Crippen LogP contribution in [-0.4, -0.2) is 34.9 Å². The molecule has 1 N–H and O–H groups in total. The van der Waals surface area contributed by atoms with Crippen molar-refractivity contribution >= 4 is 35.8 Å². The zero-order chi connectivity index (χ0) is 14.7. The van der Waals surface area contributed by atoms with Crippen LogP contribution in [0.2, 0.25) is 0 Å². The van der Waals surface area contributed by atoms with Crippen LogP contribution in [0.3, 0.4) is 0 Å². The molecule has 0 atom stereocenters. The third-order valence-electron chi connectivity index (χ3n) is 2.33. The van der Waals surface area contributed by atoms with Crippen LogP contribution in [0.25, 0.3) is 0 Å². The molecule has 0 unspecified atom stereocenters. The van der Waals surface area contributed by atoms with Crippen molar-refractivity contribution in [2.24, 2.45) is 0 Å². The first-order valence-electron chi connectivity index (χ1n) is 5.33. The van der Waals surface area contributed by atoms with Crippen molar-refractivity contribution in [3.63, 3.8) is 0 Å². The second kappa shape index (κ2) is 6.29. The van der Waals surface area contributed by atoms with Crippen LogP contribution < -0.4 is 4.72 Å². The number of halogens is 2. The molecule has 0 saturated carbocycles. The Morgan fingerprint density at radius 3 is 2.42 bits per heavy atom. The second-order valence-corrected chi connectivity index (χ2v) is 8.83. The lowest BCUT2D eigenvalue weighted by Gasteiger charge is -2.07. The minimum Gasteiger partial charge on any atom is -0.229 e. The molecule has 19 heavy (non-hydrogen) atoms. The molecule has 0 aliphatic rings. The molecule has 0 amide bonds. The fourth-order valence-corrected chi connectivity index (χ4v) is 3.50. The maximum Gasteiger partial charge on any atom is 0.243 e. The molecule has 1 rings (SSSR count). The van der Waals surface area contributed by atoms with Gasteiger partial charge in [0.1, 0.15) is 10.7 Å². The van der Waals surface area contributed by atoms with Gasteiger partial charge in [0.2, 0.25) is 10.0 Å². The van der Waals surface area contributed by atoms with Gasteiger partial charge >= 0.3 is 0 Å². The quantitative estimate of drug-likeness (QED) is 0.814. The first-order chi connectivity index (χ1) is 8.68. The van der Waals surface area contributed by atoms with E-state index in [0.29, 0.717) is 4.47 Å². The van der Waals surface area contributed by atoms with Crippen LogP contribution in [0.4, 0.5) is 4.39 Å². The first kappa shape index (κ1) is 16.5. The minimum atomic E-state index is -4.05. The zero-order valence-electron chi connectivity index (χ0n) is 10.1. The Balaban J connectivity index is 2.82. The summed E-state index contributed by atoms with van der Waals surface area (Å²) in [7, 11) is -7.32. The van der Waals surface area contributed by atoms with Crippen molar-refractivity contribution in [1.29, 1.82) is 0 Å². The fourth-order valence-electron chi connectivity index (χ4n) is 1.25. The molecule has 0 saturated heterocycles. The highest BCUT2D eigenvalue weighted by atomic mass is 79.9. The summed E-state index contributed by atoms with van der Waals surface area (Å²) in [6, 6.07) is 3.52. The predicted molar refractivity (Wildman–Crippen MR) is 73.6 cm³/mol. The second-order valence-electron chi connectivity index (χ2n) is 3.71. The number of rotatable bonds is 6. The molecular weight excluding hydrogens is 361 g/mol.